The van der Waals surface area contributed by atoms with E-state index in [4.69, 9.17) is 11.6 Å². The van der Waals surface area contributed by atoms with Gasteiger partial charge in [-0.3, -0.25) is 0 Å². The predicted molar refractivity (Wildman–Crippen MR) is 85.7 cm³/mol. The fourth-order valence-electron chi connectivity index (χ4n) is 2.20. The normalized spacial score (nSPS) is 12.4. The second-order valence-electron chi connectivity index (χ2n) is 4.58. The summed E-state index contributed by atoms with van der Waals surface area (Å²) in [5, 5.41) is 3.60. The molecule has 0 spiro atoms. The van der Waals surface area contributed by atoms with Crippen LogP contribution in [0.5, 0.6) is 0 Å². The zero-order chi connectivity index (χ0) is 14.5. The van der Waals surface area contributed by atoms with Crippen LogP contribution in [0.2, 0.25) is 5.02 Å². The van der Waals surface area contributed by atoms with Gasteiger partial charge >= 0.3 is 0 Å². The van der Waals surface area contributed by atoms with Gasteiger partial charge in [-0.1, -0.05) is 58.7 Å². The lowest BCUT2D eigenvalue weighted by molar-refractivity contribution is 0.545. The quantitative estimate of drug-likeness (QED) is 0.782. The smallest absolute Gasteiger partial charge is 0.142 e. The molecule has 0 heterocycles. The van der Waals surface area contributed by atoms with Gasteiger partial charge in [-0.25, -0.2) is 4.39 Å². The maximum absolute atomic E-state index is 13.5. The van der Waals surface area contributed by atoms with E-state index in [2.05, 4.69) is 34.2 Å². The molecule has 0 saturated carbocycles. The lowest BCUT2D eigenvalue weighted by Gasteiger charge is -2.20. The molecule has 0 aliphatic carbocycles. The van der Waals surface area contributed by atoms with Crippen LogP contribution in [0.15, 0.2) is 46.9 Å². The maximum atomic E-state index is 13.5. The number of likely N-dealkylation sites (N-methyl/N-ethyl adjacent to an activating group) is 1. The van der Waals surface area contributed by atoms with Crippen LogP contribution in [0, 0.1) is 5.82 Å². The first kappa shape index (κ1) is 15.5. The topological polar surface area (TPSA) is 12.0 Å². The Balaban J connectivity index is 2.25. The molecular weight excluding hydrogens is 341 g/mol. The maximum Gasteiger partial charge on any atom is 0.142 e. The van der Waals surface area contributed by atoms with E-state index in [1.54, 1.807) is 6.07 Å². The molecule has 2 aromatic carbocycles. The Hall–Kier alpha value is -0.900. The minimum absolute atomic E-state index is 0.135. The van der Waals surface area contributed by atoms with Crippen molar-refractivity contribution < 1.29 is 4.39 Å². The molecule has 0 saturated heterocycles. The van der Waals surface area contributed by atoms with E-state index in [9.17, 15) is 4.39 Å². The second-order valence-corrected chi connectivity index (χ2v) is 5.85. The molecule has 0 amide bonds. The highest BCUT2D eigenvalue weighted by Gasteiger charge is 2.14. The summed E-state index contributed by atoms with van der Waals surface area (Å²) in [7, 11) is 0. The number of nitrogens with one attached hydrogen (secondary N) is 1. The molecular formula is C16H16BrClFN. The lowest BCUT2D eigenvalue weighted by atomic mass is 9.99. The summed E-state index contributed by atoms with van der Waals surface area (Å²) in [5.41, 5.74) is 2.10. The summed E-state index contributed by atoms with van der Waals surface area (Å²) in [5.74, 6) is -0.369. The minimum Gasteiger partial charge on any atom is -0.310 e. The summed E-state index contributed by atoms with van der Waals surface area (Å²) in [4.78, 5) is 0. The summed E-state index contributed by atoms with van der Waals surface area (Å²) in [6.45, 7) is 2.91. The van der Waals surface area contributed by atoms with Gasteiger partial charge in [0.05, 0.1) is 5.02 Å². The van der Waals surface area contributed by atoms with Gasteiger partial charge in [-0.15, -0.1) is 0 Å². The number of hydrogen-bond acceptors (Lipinski definition) is 1. The molecule has 2 aromatic rings. The van der Waals surface area contributed by atoms with Crippen molar-refractivity contribution in [1.82, 2.24) is 5.32 Å². The molecule has 0 fully saturated rings. The predicted octanol–water partition coefficient (Wildman–Crippen LogP) is 5.13. The van der Waals surface area contributed by atoms with Crippen LogP contribution in [0.4, 0.5) is 4.39 Å². The molecule has 0 aromatic heterocycles. The minimum atomic E-state index is -0.369. The Morgan fingerprint density at radius 3 is 2.65 bits per heavy atom. The first-order chi connectivity index (χ1) is 9.61. The zero-order valence-corrected chi connectivity index (χ0v) is 13.5. The van der Waals surface area contributed by atoms with Crippen LogP contribution in [0.3, 0.4) is 0 Å². The van der Waals surface area contributed by atoms with Crippen molar-refractivity contribution in [3.63, 3.8) is 0 Å². The molecule has 2 rings (SSSR count). The largest absolute Gasteiger partial charge is 0.310 e. The van der Waals surface area contributed by atoms with E-state index in [1.807, 2.05) is 24.3 Å². The first-order valence-electron chi connectivity index (χ1n) is 6.53. The van der Waals surface area contributed by atoms with Gasteiger partial charge in [-0.05, 0) is 42.3 Å². The average molecular weight is 357 g/mol. The van der Waals surface area contributed by atoms with Crippen molar-refractivity contribution >= 4 is 27.5 Å². The highest BCUT2D eigenvalue weighted by Crippen LogP contribution is 2.27. The Kier molecular flexibility index (Phi) is 5.58. The van der Waals surface area contributed by atoms with Crippen molar-refractivity contribution in [1.29, 1.82) is 0 Å². The zero-order valence-electron chi connectivity index (χ0n) is 11.2. The van der Waals surface area contributed by atoms with Gasteiger partial charge in [0.15, 0.2) is 0 Å². The summed E-state index contributed by atoms with van der Waals surface area (Å²) >= 11 is 9.29. The molecule has 1 nitrogen and oxygen atoms in total. The third-order valence-electron chi connectivity index (χ3n) is 3.16. The van der Waals surface area contributed by atoms with Crippen molar-refractivity contribution in [2.45, 2.75) is 19.4 Å². The van der Waals surface area contributed by atoms with Gasteiger partial charge < -0.3 is 5.32 Å². The number of halogens is 3. The Bertz CT molecular complexity index is 588. The molecule has 0 radical (unpaired) electrons. The Morgan fingerprint density at radius 2 is 2.00 bits per heavy atom. The van der Waals surface area contributed by atoms with E-state index in [1.165, 1.54) is 11.6 Å². The molecule has 0 aliphatic rings. The van der Waals surface area contributed by atoms with Crippen molar-refractivity contribution in [2.75, 3.05) is 6.54 Å². The van der Waals surface area contributed by atoms with Crippen LogP contribution < -0.4 is 5.32 Å². The van der Waals surface area contributed by atoms with Crippen LogP contribution in [0.25, 0.3) is 0 Å². The SMILES string of the molecule is CCNC(Cc1ccc(Cl)c(F)c1)c1ccccc1Br. The number of rotatable bonds is 5. The third-order valence-corrected chi connectivity index (χ3v) is 4.18. The highest BCUT2D eigenvalue weighted by molar-refractivity contribution is 9.10. The third kappa shape index (κ3) is 3.81. The van der Waals surface area contributed by atoms with Gasteiger partial charge in [-0.2, -0.15) is 0 Å². The van der Waals surface area contributed by atoms with Crippen molar-refractivity contribution in [3.8, 4) is 0 Å². The lowest BCUT2D eigenvalue weighted by Crippen LogP contribution is -2.23. The van der Waals surface area contributed by atoms with Gasteiger partial charge in [0.2, 0.25) is 0 Å². The average Bonchev–Trinajstić information content (AvgIpc) is 2.43. The molecule has 0 aliphatic heterocycles. The van der Waals surface area contributed by atoms with Crippen LogP contribution in [0.1, 0.15) is 24.1 Å². The fraction of sp³-hybridized carbons (Fsp3) is 0.250. The van der Waals surface area contributed by atoms with E-state index in [0.717, 1.165) is 16.6 Å². The number of benzene rings is 2. The first-order valence-corrected chi connectivity index (χ1v) is 7.70. The molecule has 4 heteroatoms. The molecule has 1 N–H and O–H groups in total. The molecule has 0 bridgehead atoms. The van der Waals surface area contributed by atoms with Crippen LogP contribution >= 0.6 is 27.5 Å². The Morgan fingerprint density at radius 1 is 1.25 bits per heavy atom. The molecule has 1 atom stereocenters. The van der Waals surface area contributed by atoms with E-state index in [-0.39, 0.29) is 16.9 Å². The van der Waals surface area contributed by atoms with E-state index >= 15 is 0 Å². The molecule has 106 valence electrons. The van der Waals surface area contributed by atoms with E-state index < -0.39 is 0 Å². The second kappa shape index (κ2) is 7.21. The van der Waals surface area contributed by atoms with Crippen molar-refractivity contribution in [2.24, 2.45) is 0 Å². The highest BCUT2D eigenvalue weighted by atomic mass is 79.9. The van der Waals surface area contributed by atoms with Gasteiger partial charge in [0, 0.05) is 10.5 Å². The fourth-order valence-corrected chi connectivity index (χ4v) is 2.88. The van der Waals surface area contributed by atoms with E-state index in [0.29, 0.717) is 6.42 Å². The monoisotopic (exact) mass is 355 g/mol. The van der Waals surface area contributed by atoms with Crippen LogP contribution in [-0.2, 0) is 6.42 Å². The van der Waals surface area contributed by atoms with Gasteiger partial charge in [0.1, 0.15) is 5.82 Å². The molecule has 1 unspecified atom stereocenters. The Labute approximate surface area is 132 Å². The summed E-state index contributed by atoms with van der Waals surface area (Å²) in [6.07, 6.45) is 0.713. The standard InChI is InChI=1S/C16H16BrClFN/c1-2-20-16(12-5-3-4-6-13(12)17)10-11-7-8-14(18)15(19)9-11/h3-9,16,20H,2,10H2,1H3. The molecule has 20 heavy (non-hydrogen) atoms. The van der Waals surface area contributed by atoms with Crippen molar-refractivity contribution in [3.05, 3.63) is 68.9 Å². The van der Waals surface area contributed by atoms with Gasteiger partial charge in [0.25, 0.3) is 0 Å². The summed E-state index contributed by atoms with van der Waals surface area (Å²) < 4.78 is 14.6. The number of hydrogen-bond donors (Lipinski definition) is 1. The van der Waals surface area contributed by atoms with Crippen LogP contribution in [-0.4, -0.2) is 6.54 Å². The summed E-state index contributed by atoms with van der Waals surface area (Å²) in [6, 6.07) is 13.2.